The molecular weight excluding hydrogens is 382 g/mol. The van der Waals surface area contributed by atoms with Gasteiger partial charge in [-0.3, -0.25) is 4.68 Å². The second kappa shape index (κ2) is 7.94. The standard InChI is InChI=1S/C23H28ClN5/c1-28-22-6-5-16(11-19(22)13-27-28)3-2-4-18-12-21(18)17-7-9-29(10-8-17)23-25-14-20(24)15-26-23/h5-6,11,13-15,17-18,21H,2-4,7-10,12H2,1H3/t18-,21-/m1/s1. The Morgan fingerprint density at radius 3 is 2.69 bits per heavy atom. The molecule has 152 valence electrons. The van der Waals surface area contributed by atoms with Gasteiger partial charge in [0.25, 0.3) is 0 Å². The first-order chi connectivity index (χ1) is 14.2. The van der Waals surface area contributed by atoms with E-state index in [2.05, 4.69) is 38.2 Å². The first-order valence-corrected chi connectivity index (χ1v) is 11.2. The first-order valence-electron chi connectivity index (χ1n) is 10.8. The Bertz CT molecular complexity index is 975. The number of piperidine rings is 1. The first kappa shape index (κ1) is 18.9. The molecule has 0 radical (unpaired) electrons. The third kappa shape index (κ3) is 4.11. The van der Waals surface area contributed by atoms with E-state index in [1.54, 1.807) is 12.4 Å². The maximum Gasteiger partial charge on any atom is 0.225 e. The highest BCUT2D eigenvalue weighted by Crippen LogP contribution is 2.50. The van der Waals surface area contributed by atoms with E-state index in [0.29, 0.717) is 5.02 Å². The molecule has 5 nitrogen and oxygen atoms in total. The van der Waals surface area contributed by atoms with Gasteiger partial charge in [0, 0.05) is 25.5 Å². The van der Waals surface area contributed by atoms with Crippen LogP contribution in [0.4, 0.5) is 5.95 Å². The van der Waals surface area contributed by atoms with Gasteiger partial charge in [0.15, 0.2) is 0 Å². The van der Waals surface area contributed by atoms with Crippen molar-refractivity contribution in [2.24, 2.45) is 24.8 Å². The Morgan fingerprint density at radius 1 is 1.10 bits per heavy atom. The van der Waals surface area contributed by atoms with Gasteiger partial charge in [0.1, 0.15) is 0 Å². The molecule has 1 saturated heterocycles. The number of anilines is 1. The predicted octanol–water partition coefficient (Wildman–Crippen LogP) is 4.89. The summed E-state index contributed by atoms with van der Waals surface area (Å²) in [6, 6.07) is 6.78. The van der Waals surface area contributed by atoms with Gasteiger partial charge in [-0.1, -0.05) is 17.7 Å². The molecule has 0 N–H and O–H groups in total. The van der Waals surface area contributed by atoms with Crippen molar-refractivity contribution in [1.29, 1.82) is 0 Å². The monoisotopic (exact) mass is 409 g/mol. The normalized spacial score (nSPS) is 22.3. The van der Waals surface area contributed by atoms with E-state index in [4.69, 9.17) is 11.6 Å². The molecule has 3 aromatic rings. The van der Waals surface area contributed by atoms with Crippen LogP contribution in [-0.4, -0.2) is 32.8 Å². The molecule has 6 heteroatoms. The zero-order chi connectivity index (χ0) is 19.8. The van der Waals surface area contributed by atoms with Gasteiger partial charge in [-0.15, -0.1) is 0 Å². The van der Waals surface area contributed by atoms with E-state index in [9.17, 15) is 0 Å². The number of aryl methyl sites for hydroxylation is 2. The molecule has 0 spiro atoms. The van der Waals surface area contributed by atoms with Gasteiger partial charge in [-0.2, -0.15) is 5.10 Å². The molecule has 1 aromatic carbocycles. The average Bonchev–Trinajstić information content (AvgIpc) is 3.43. The summed E-state index contributed by atoms with van der Waals surface area (Å²) in [6.07, 6.45) is 13.2. The lowest BCUT2D eigenvalue weighted by molar-refractivity contribution is 0.341. The number of fused-ring (bicyclic) bond motifs is 1. The molecule has 2 atom stereocenters. The Balaban J connectivity index is 1.06. The second-order valence-electron chi connectivity index (χ2n) is 8.74. The molecule has 29 heavy (non-hydrogen) atoms. The number of halogens is 1. The van der Waals surface area contributed by atoms with Crippen molar-refractivity contribution < 1.29 is 0 Å². The largest absolute Gasteiger partial charge is 0.341 e. The van der Waals surface area contributed by atoms with Crippen LogP contribution in [-0.2, 0) is 13.5 Å². The van der Waals surface area contributed by atoms with Crippen LogP contribution in [0.5, 0.6) is 0 Å². The number of rotatable bonds is 6. The Morgan fingerprint density at radius 2 is 1.90 bits per heavy atom. The van der Waals surface area contributed by atoms with Crippen LogP contribution in [0.25, 0.3) is 10.9 Å². The minimum Gasteiger partial charge on any atom is -0.341 e. The summed E-state index contributed by atoms with van der Waals surface area (Å²) >= 11 is 5.90. The molecule has 2 fully saturated rings. The summed E-state index contributed by atoms with van der Waals surface area (Å²) in [5, 5.41) is 6.20. The van der Waals surface area contributed by atoms with Crippen LogP contribution in [0.15, 0.2) is 36.8 Å². The van der Waals surface area contributed by atoms with Crippen molar-refractivity contribution >= 4 is 28.5 Å². The topological polar surface area (TPSA) is 46.8 Å². The van der Waals surface area contributed by atoms with Gasteiger partial charge < -0.3 is 4.90 Å². The maximum atomic E-state index is 5.90. The van der Waals surface area contributed by atoms with Crippen molar-refractivity contribution in [3.63, 3.8) is 0 Å². The zero-order valence-electron chi connectivity index (χ0n) is 17.0. The summed E-state index contributed by atoms with van der Waals surface area (Å²) < 4.78 is 1.94. The molecular formula is C23H28ClN5. The fourth-order valence-corrected chi connectivity index (χ4v) is 5.21. The van der Waals surface area contributed by atoms with Crippen molar-refractivity contribution in [2.75, 3.05) is 18.0 Å². The van der Waals surface area contributed by atoms with E-state index >= 15 is 0 Å². The third-order valence-corrected chi connectivity index (χ3v) is 7.06. The number of nitrogens with zero attached hydrogens (tertiary/aromatic N) is 5. The Kier molecular flexibility index (Phi) is 5.17. The number of aromatic nitrogens is 4. The van der Waals surface area contributed by atoms with Crippen LogP contribution in [0.1, 0.15) is 37.7 Å². The highest BCUT2D eigenvalue weighted by atomic mass is 35.5. The summed E-state index contributed by atoms with van der Waals surface area (Å²) in [7, 11) is 2.00. The van der Waals surface area contributed by atoms with Crippen molar-refractivity contribution in [1.82, 2.24) is 19.7 Å². The quantitative estimate of drug-likeness (QED) is 0.581. The summed E-state index contributed by atoms with van der Waals surface area (Å²) in [5.74, 6) is 3.60. The van der Waals surface area contributed by atoms with Crippen LogP contribution >= 0.6 is 11.6 Å². The third-order valence-electron chi connectivity index (χ3n) is 6.86. The molecule has 2 aromatic heterocycles. The van der Waals surface area contributed by atoms with E-state index in [1.807, 2.05) is 17.9 Å². The molecule has 0 bridgehead atoms. The summed E-state index contributed by atoms with van der Waals surface area (Å²) in [6.45, 7) is 2.14. The minimum absolute atomic E-state index is 0.602. The van der Waals surface area contributed by atoms with Gasteiger partial charge in [0.05, 0.1) is 29.1 Å². The highest BCUT2D eigenvalue weighted by molar-refractivity contribution is 6.30. The molecule has 0 amide bonds. The second-order valence-corrected chi connectivity index (χ2v) is 9.18. The minimum atomic E-state index is 0.602. The molecule has 3 heterocycles. The number of benzene rings is 1. The van der Waals surface area contributed by atoms with Gasteiger partial charge in [0.2, 0.25) is 5.95 Å². The number of hydrogen-bond acceptors (Lipinski definition) is 4. The molecule has 2 aliphatic rings. The van der Waals surface area contributed by atoms with Gasteiger partial charge in [-0.05, 0) is 74.0 Å². The Hall–Kier alpha value is -2.14. The molecule has 0 unspecified atom stereocenters. The van der Waals surface area contributed by atoms with Crippen molar-refractivity contribution in [2.45, 2.75) is 38.5 Å². The molecule has 5 rings (SSSR count). The zero-order valence-corrected chi connectivity index (χ0v) is 17.7. The lowest BCUT2D eigenvalue weighted by Crippen LogP contribution is -2.35. The summed E-state index contributed by atoms with van der Waals surface area (Å²) in [5.41, 5.74) is 2.66. The van der Waals surface area contributed by atoms with Gasteiger partial charge in [-0.25, -0.2) is 9.97 Å². The fraction of sp³-hybridized carbons (Fsp3) is 0.522. The van der Waals surface area contributed by atoms with Crippen LogP contribution in [0.2, 0.25) is 5.02 Å². The average molecular weight is 410 g/mol. The van der Waals surface area contributed by atoms with Crippen LogP contribution in [0.3, 0.4) is 0 Å². The smallest absolute Gasteiger partial charge is 0.225 e. The van der Waals surface area contributed by atoms with Crippen LogP contribution in [0, 0.1) is 17.8 Å². The lowest BCUT2D eigenvalue weighted by atomic mass is 9.90. The van der Waals surface area contributed by atoms with Crippen molar-refractivity contribution in [3.05, 3.63) is 47.4 Å². The molecule has 1 saturated carbocycles. The van der Waals surface area contributed by atoms with Gasteiger partial charge >= 0.3 is 0 Å². The van der Waals surface area contributed by atoms with E-state index in [1.165, 1.54) is 55.0 Å². The molecule has 1 aliphatic carbocycles. The summed E-state index contributed by atoms with van der Waals surface area (Å²) in [4.78, 5) is 11.0. The SMILES string of the molecule is Cn1ncc2cc(CCC[C@@H]3C[C@@H]3C3CCN(c4ncc(Cl)cn4)CC3)ccc21. The highest BCUT2D eigenvalue weighted by Gasteiger charge is 2.42. The fourth-order valence-electron chi connectivity index (χ4n) is 5.11. The van der Waals surface area contributed by atoms with Crippen LogP contribution < -0.4 is 4.90 Å². The number of hydrogen-bond donors (Lipinski definition) is 0. The molecule has 1 aliphatic heterocycles. The predicted molar refractivity (Wildman–Crippen MR) is 117 cm³/mol. The van der Waals surface area contributed by atoms with Crippen molar-refractivity contribution in [3.8, 4) is 0 Å². The van der Waals surface area contributed by atoms with E-state index in [0.717, 1.165) is 36.8 Å². The van der Waals surface area contributed by atoms with E-state index in [-0.39, 0.29) is 0 Å². The lowest BCUT2D eigenvalue weighted by Gasteiger charge is -2.32. The van der Waals surface area contributed by atoms with E-state index < -0.39 is 0 Å². The maximum absolute atomic E-state index is 5.90. The Labute approximate surface area is 177 Å².